The molecule has 0 unspecified atom stereocenters. The number of benzene rings is 15. The van der Waals surface area contributed by atoms with Crippen LogP contribution in [0.5, 0.6) is 0 Å². The van der Waals surface area contributed by atoms with Gasteiger partial charge in [-0.3, -0.25) is 0 Å². The van der Waals surface area contributed by atoms with Crippen LogP contribution in [0.25, 0.3) is 133 Å². The summed E-state index contributed by atoms with van der Waals surface area (Å²) in [5.74, 6) is 1.39. The van der Waals surface area contributed by atoms with Crippen molar-refractivity contribution >= 4 is 11.4 Å². The first-order chi connectivity index (χ1) is 53.4. The van der Waals surface area contributed by atoms with E-state index < -0.39 is 10.8 Å². The van der Waals surface area contributed by atoms with Crippen LogP contribution in [0.2, 0.25) is 0 Å². The largest absolute Gasteiger partial charge is 0.238 e. The average Bonchev–Trinajstić information content (AvgIpc) is 1.54. The molecule has 6 nitrogen and oxygen atoms in total. The van der Waals surface area contributed by atoms with Crippen molar-refractivity contribution in [1.29, 1.82) is 0 Å². The van der Waals surface area contributed by atoms with Gasteiger partial charge in [-0.25, -0.2) is 29.6 Å². The molecule has 2 heterocycles. The minimum Gasteiger partial charge on any atom is -0.238 e. The summed E-state index contributed by atoms with van der Waals surface area (Å²) in [6.45, 7) is 15.6. The van der Waals surface area contributed by atoms with E-state index in [1.165, 1.54) is 55.6 Å². The monoisotopic (exact) mass is 1370 g/mol. The predicted octanol–water partition coefficient (Wildman–Crippen LogP) is 25.8. The molecule has 0 atom stereocenters. The molecule has 0 amide bonds. The number of hydrogen-bond acceptors (Lipinski definition) is 4. The Morgan fingerprint density at radius 2 is 0.426 bits per heavy atom. The first kappa shape index (κ1) is 65.5. The molecule has 2 aliphatic carbocycles. The molecule has 15 aromatic carbocycles. The summed E-state index contributed by atoms with van der Waals surface area (Å²) in [6.07, 6.45) is 0. The molecule has 0 bridgehead atoms. The fourth-order valence-corrected chi connectivity index (χ4v) is 16.1. The van der Waals surface area contributed by atoms with E-state index in [-0.39, 0.29) is 0 Å². The van der Waals surface area contributed by atoms with Crippen LogP contribution in [0.3, 0.4) is 0 Å². The van der Waals surface area contributed by atoms with Crippen LogP contribution >= 0.6 is 0 Å². The lowest BCUT2D eigenvalue weighted by atomic mass is 9.67. The van der Waals surface area contributed by atoms with Gasteiger partial charge in [0.1, 0.15) is 0 Å². The lowest BCUT2D eigenvalue weighted by Gasteiger charge is -2.34. The van der Waals surface area contributed by atoms with Crippen molar-refractivity contribution in [2.45, 2.75) is 10.8 Å². The Morgan fingerprint density at radius 1 is 0.185 bits per heavy atom. The number of hydrogen-bond donors (Lipinski definition) is 0. The number of rotatable bonds is 13. The van der Waals surface area contributed by atoms with E-state index in [2.05, 4.69) is 337 Å². The van der Waals surface area contributed by atoms with Crippen LogP contribution < -0.4 is 0 Å². The highest BCUT2D eigenvalue weighted by Gasteiger charge is 2.48. The molecule has 0 spiro atoms. The Labute approximate surface area is 629 Å². The standard InChI is InChI=1S/C54H35N3.C48H31N3/c1-55-46-31-33-49-48(35-46)47-32-30-43(34-50(47)54(49,44-18-10-4-11-19-44)45-20-12-5-13-21-45)39-24-28-41(29-25-39)52-36-51(56-53(57-52)42-16-8-3-9-17-42)40-26-22-38(23-27-40)37-14-6-2-7-15-37;1-49-40-27-29-43-42(31-40)41-28-26-37(30-44(41)48(43,38-18-10-4-11-19-38)39-20-12-5-13-21-39)33-22-24-35(25-23-33)46-32-45(34-14-6-2-7-15-34)50-47(51-46)36-16-8-3-9-17-36/h2-36H;2-32H. The molecular weight excluding hydrogens is 1310 g/mol. The molecule has 0 saturated heterocycles. The van der Waals surface area contributed by atoms with Crippen LogP contribution in [0, 0.1) is 13.1 Å². The topological polar surface area (TPSA) is 60.3 Å². The van der Waals surface area contributed by atoms with E-state index in [9.17, 15) is 0 Å². The lowest BCUT2D eigenvalue weighted by Crippen LogP contribution is -2.28. The molecular formula is C102H66N6. The number of nitrogens with zero attached hydrogens (tertiary/aromatic N) is 6. The highest BCUT2D eigenvalue weighted by Crippen LogP contribution is 2.59. The molecule has 504 valence electrons. The smallest absolute Gasteiger partial charge is 0.187 e. The zero-order chi connectivity index (χ0) is 72.4. The van der Waals surface area contributed by atoms with Gasteiger partial charge in [-0.05, 0) is 137 Å². The summed E-state index contributed by atoms with van der Waals surface area (Å²) in [7, 11) is 0. The van der Waals surface area contributed by atoms with E-state index in [0.717, 1.165) is 101 Å². The summed E-state index contributed by atoms with van der Waals surface area (Å²) in [6, 6.07) is 140. The van der Waals surface area contributed by atoms with Gasteiger partial charge in [0.05, 0.1) is 46.7 Å². The second-order valence-corrected chi connectivity index (χ2v) is 27.3. The Bertz CT molecular complexity index is 6110. The highest BCUT2D eigenvalue weighted by atomic mass is 14.9. The lowest BCUT2D eigenvalue weighted by molar-refractivity contribution is 0.769. The first-order valence-electron chi connectivity index (χ1n) is 36.3. The van der Waals surface area contributed by atoms with Crippen molar-refractivity contribution < 1.29 is 0 Å². The van der Waals surface area contributed by atoms with Gasteiger partial charge in [-0.15, -0.1) is 0 Å². The van der Waals surface area contributed by atoms with Gasteiger partial charge >= 0.3 is 0 Å². The molecule has 0 radical (unpaired) electrons. The van der Waals surface area contributed by atoms with E-state index in [0.29, 0.717) is 23.0 Å². The summed E-state index contributed by atoms with van der Waals surface area (Å²) in [4.78, 5) is 27.8. The van der Waals surface area contributed by atoms with Crippen molar-refractivity contribution in [1.82, 2.24) is 19.9 Å². The van der Waals surface area contributed by atoms with Crippen molar-refractivity contribution in [3.8, 4) is 123 Å². The molecule has 0 saturated carbocycles. The van der Waals surface area contributed by atoms with Crippen molar-refractivity contribution in [2.24, 2.45) is 0 Å². The fraction of sp³-hybridized carbons (Fsp3) is 0.0196. The second kappa shape index (κ2) is 28.2. The van der Waals surface area contributed by atoms with Crippen LogP contribution in [-0.2, 0) is 10.8 Å². The zero-order valence-corrected chi connectivity index (χ0v) is 58.8. The molecule has 0 aliphatic heterocycles. The molecule has 2 aliphatic rings. The van der Waals surface area contributed by atoms with Gasteiger partial charge in [0.2, 0.25) is 0 Å². The fourth-order valence-electron chi connectivity index (χ4n) is 16.1. The van der Waals surface area contributed by atoms with Gasteiger partial charge in [0.15, 0.2) is 23.0 Å². The van der Waals surface area contributed by atoms with E-state index >= 15 is 0 Å². The minimum absolute atomic E-state index is 0.535. The van der Waals surface area contributed by atoms with Crippen molar-refractivity contribution in [3.63, 3.8) is 0 Å². The van der Waals surface area contributed by atoms with Crippen molar-refractivity contribution in [3.05, 3.63) is 468 Å². The summed E-state index contributed by atoms with van der Waals surface area (Å²) < 4.78 is 0. The SMILES string of the molecule is [C-]#[N+]c1ccc2c(c1)-c1ccc(-c3ccc(-c4cc(-c5ccc(-c6ccccc6)cc5)nc(-c5ccccc5)n4)cc3)cc1C2(c1ccccc1)c1ccccc1.[C-]#[N+]c1ccc2c(c1)-c1ccc(-c3ccc(-c4cc(-c5ccccc5)nc(-c5ccccc5)n4)cc3)cc1C2(c1ccccc1)c1ccccc1. The maximum Gasteiger partial charge on any atom is 0.187 e. The molecule has 0 fully saturated rings. The third kappa shape index (κ3) is 11.8. The molecule has 0 N–H and O–H groups in total. The maximum atomic E-state index is 7.81. The van der Waals surface area contributed by atoms with Gasteiger partial charge in [-0.1, -0.05) is 364 Å². The summed E-state index contributed by atoms with van der Waals surface area (Å²) >= 11 is 0. The van der Waals surface area contributed by atoms with Gasteiger partial charge in [-0.2, -0.15) is 0 Å². The highest BCUT2D eigenvalue weighted by molar-refractivity contribution is 5.92. The summed E-state index contributed by atoms with van der Waals surface area (Å²) in [5, 5.41) is 0. The third-order valence-electron chi connectivity index (χ3n) is 21.2. The molecule has 6 heteroatoms. The van der Waals surface area contributed by atoms with Crippen LogP contribution in [0.4, 0.5) is 11.4 Å². The second-order valence-electron chi connectivity index (χ2n) is 27.3. The van der Waals surface area contributed by atoms with Crippen LogP contribution in [0.1, 0.15) is 44.5 Å². The van der Waals surface area contributed by atoms with Gasteiger partial charge in [0, 0.05) is 33.4 Å². The summed E-state index contributed by atoms with van der Waals surface area (Å²) in [5.41, 5.74) is 30.8. The van der Waals surface area contributed by atoms with E-state index in [1.54, 1.807) is 0 Å². The number of aromatic nitrogens is 4. The van der Waals surface area contributed by atoms with Gasteiger partial charge in [0.25, 0.3) is 0 Å². The van der Waals surface area contributed by atoms with E-state index in [4.69, 9.17) is 33.1 Å². The molecule has 17 aromatic rings. The Hall–Kier alpha value is -14.6. The molecule has 19 rings (SSSR count). The Balaban J connectivity index is 0.000000153. The predicted molar refractivity (Wildman–Crippen MR) is 440 cm³/mol. The third-order valence-corrected chi connectivity index (χ3v) is 21.2. The Morgan fingerprint density at radius 3 is 0.731 bits per heavy atom. The van der Waals surface area contributed by atoms with Crippen LogP contribution in [-0.4, -0.2) is 19.9 Å². The van der Waals surface area contributed by atoms with Crippen LogP contribution in [0.15, 0.2) is 400 Å². The number of fused-ring (bicyclic) bond motifs is 6. The zero-order valence-electron chi connectivity index (χ0n) is 58.8. The van der Waals surface area contributed by atoms with Crippen molar-refractivity contribution in [2.75, 3.05) is 0 Å². The normalized spacial score (nSPS) is 12.4. The minimum atomic E-state index is -0.547. The van der Waals surface area contributed by atoms with Gasteiger partial charge < -0.3 is 0 Å². The average molecular weight is 1380 g/mol. The molecule has 2 aromatic heterocycles. The maximum absolute atomic E-state index is 7.81. The molecule has 108 heavy (non-hydrogen) atoms. The van der Waals surface area contributed by atoms with E-state index in [1.807, 2.05) is 72.8 Å². The first-order valence-corrected chi connectivity index (χ1v) is 36.3. The Kier molecular flexibility index (Phi) is 17.1. The quantitative estimate of drug-likeness (QED) is 0.108.